The van der Waals surface area contributed by atoms with E-state index < -0.39 is 0 Å². The highest BCUT2D eigenvalue weighted by Gasteiger charge is 2.26. The van der Waals surface area contributed by atoms with E-state index in [4.69, 9.17) is 0 Å². The Kier molecular flexibility index (Phi) is 4.42. The van der Waals surface area contributed by atoms with Gasteiger partial charge in [0.2, 0.25) is 0 Å². The third-order valence-electron chi connectivity index (χ3n) is 3.87. The molecule has 1 aliphatic rings. The molecule has 0 aliphatic carbocycles. The van der Waals surface area contributed by atoms with E-state index in [0.717, 1.165) is 35.0 Å². The molecule has 0 bridgehead atoms. The number of rotatable bonds is 3. The molecule has 0 radical (unpaired) electrons. The second kappa shape index (κ2) is 5.88. The highest BCUT2D eigenvalue weighted by atomic mass is 32.2. The number of nitrogens with zero attached hydrogens (tertiary/aromatic N) is 2. The van der Waals surface area contributed by atoms with Gasteiger partial charge in [0.1, 0.15) is 6.07 Å². The van der Waals surface area contributed by atoms with Crippen molar-refractivity contribution in [2.24, 2.45) is 5.41 Å². The first-order chi connectivity index (χ1) is 9.07. The second-order valence-corrected chi connectivity index (χ2v) is 7.15. The first kappa shape index (κ1) is 14.3. The molecule has 1 heterocycles. The molecule has 1 aromatic rings. The van der Waals surface area contributed by atoms with Gasteiger partial charge >= 0.3 is 0 Å². The fraction of sp³-hybridized carbons (Fsp3) is 0.562. The summed E-state index contributed by atoms with van der Waals surface area (Å²) < 4.78 is 0. The van der Waals surface area contributed by atoms with Gasteiger partial charge in [0.05, 0.1) is 11.3 Å². The van der Waals surface area contributed by atoms with Crippen LogP contribution in [-0.4, -0.2) is 18.8 Å². The van der Waals surface area contributed by atoms with Crippen LogP contribution in [0.5, 0.6) is 0 Å². The van der Waals surface area contributed by atoms with Crippen molar-refractivity contribution < 1.29 is 0 Å². The topological polar surface area (TPSA) is 27.0 Å². The Morgan fingerprint density at radius 2 is 2.00 bits per heavy atom. The van der Waals surface area contributed by atoms with Crippen LogP contribution in [0.4, 0.5) is 5.69 Å². The van der Waals surface area contributed by atoms with E-state index in [-0.39, 0.29) is 0 Å². The Hall–Kier alpha value is -1.14. The smallest absolute Gasteiger partial charge is 0.103 e. The van der Waals surface area contributed by atoms with E-state index in [9.17, 15) is 5.26 Å². The molecule has 102 valence electrons. The zero-order valence-corrected chi connectivity index (χ0v) is 12.9. The standard InChI is InChI=1S/C16H22N2S/c1-4-19-15-7-5-6-14(13(15)12-17)18-10-8-16(2,3)9-11-18/h5-7H,4,8-11H2,1-3H3. The summed E-state index contributed by atoms with van der Waals surface area (Å²) in [7, 11) is 0. The molecule has 1 aliphatic heterocycles. The molecule has 0 atom stereocenters. The number of nitriles is 1. The van der Waals surface area contributed by atoms with Crippen LogP contribution in [0, 0.1) is 16.7 Å². The second-order valence-electron chi connectivity index (χ2n) is 5.85. The average Bonchev–Trinajstić information content (AvgIpc) is 2.39. The molecule has 0 unspecified atom stereocenters. The van der Waals surface area contributed by atoms with Crippen molar-refractivity contribution in [2.45, 2.75) is 38.5 Å². The Bertz CT molecular complexity index is 478. The van der Waals surface area contributed by atoms with E-state index in [1.165, 1.54) is 12.8 Å². The molecular weight excluding hydrogens is 252 g/mol. The summed E-state index contributed by atoms with van der Waals surface area (Å²) in [4.78, 5) is 3.50. The van der Waals surface area contributed by atoms with Gasteiger partial charge in [-0.05, 0) is 36.1 Å². The van der Waals surface area contributed by atoms with Crippen molar-refractivity contribution in [3.63, 3.8) is 0 Å². The van der Waals surface area contributed by atoms with Crippen LogP contribution in [-0.2, 0) is 0 Å². The molecule has 1 saturated heterocycles. The van der Waals surface area contributed by atoms with Gasteiger partial charge in [-0.1, -0.05) is 26.8 Å². The summed E-state index contributed by atoms with van der Waals surface area (Å²) in [6.45, 7) is 8.91. The fourth-order valence-electron chi connectivity index (χ4n) is 2.52. The lowest BCUT2D eigenvalue weighted by Crippen LogP contribution is -2.37. The number of benzene rings is 1. The number of anilines is 1. The van der Waals surface area contributed by atoms with E-state index >= 15 is 0 Å². The van der Waals surface area contributed by atoms with E-state index in [2.05, 4.69) is 49.9 Å². The fourth-order valence-corrected chi connectivity index (χ4v) is 3.30. The van der Waals surface area contributed by atoms with Crippen molar-refractivity contribution in [1.29, 1.82) is 5.26 Å². The van der Waals surface area contributed by atoms with E-state index in [1.807, 2.05) is 0 Å². The Morgan fingerprint density at radius 3 is 2.58 bits per heavy atom. The molecule has 19 heavy (non-hydrogen) atoms. The Morgan fingerprint density at radius 1 is 1.32 bits per heavy atom. The summed E-state index contributed by atoms with van der Waals surface area (Å²) in [5.41, 5.74) is 2.42. The van der Waals surface area contributed by atoms with Crippen LogP contribution in [0.3, 0.4) is 0 Å². The summed E-state index contributed by atoms with van der Waals surface area (Å²) >= 11 is 1.76. The van der Waals surface area contributed by atoms with Gasteiger partial charge in [0, 0.05) is 18.0 Å². The van der Waals surface area contributed by atoms with Crippen LogP contribution in [0.2, 0.25) is 0 Å². The molecule has 1 fully saturated rings. The highest BCUT2D eigenvalue weighted by Crippen LogP contribution is 2.35. The van der Waals surface area contributed by atoms with Crippen LogP contribution >= 0.6 is 11.8 Å². The first-order valence-electron chi connectivity index (χ1n) is 6.98. The molecule has 0 saturated carbocycles. The van der Waals surface area contributed by atoms with Crippen LogP contribution in [0.25, 0.3) is 0 Å². The molecule has 0 spiro atoms. The lowest BCUT2D eigenvalue weighted by atomic mass is 9.82. The molecule has 3 heteroatoms. The largest absolute Gasteiger partial charge is 0.370 e. The zero-order valence-electron chi connectivity index (χ0n) is 12.1. The average molecular weight is 274 g/mol. The lowest BCUT2D eigenvalue weighted by Gasteiger charge is -2.38. The minimum atomic E-state index is 0.444. The number of hydrogen-bond donors (Lipinski definition) is 0. The molecule has 1 aromatic carbocycles. The third kappa shape index (κ3) is 3.25. The summed E-state index contributed by atoms with van der Waals surface area (Å²) in [5, 5.41) is 9.47. The molecule has 0 amide bonds. The highest BCUT2D eigenvalue weighted by molar-refractivity contribution is 7.99. The number of piperidine rings is 1. The number of hydrogen-bond acceptors (Lipinski definition) is 3. The van der Waals surface area contributed by atoms with Crippen LogP contribution in [0.1, 0.15) is 39.2 Å². The molecular formula is C16H22N2S. The number of thioether (sulfide) groups is 1. The van der Waals surface area contributed by atoms with Crippen molar-refractivity contribution in [3.8, 4) is 6.07 Å². The minimum absolute atomic E-state index is 0.444. The van der Waals surface area contributed by atoms with Crippen LogP contribution < -0.4 is 4.90 Å². The van der Waals surface area contributed by atoms with Crippen molar-refractivity contribution >= 4 is 17.4 Å². The van der Waals surface area contributed by atoms with Gasteiger partial charge in [-0.2, -0.15) is 5.26 Å². The van der Waals surface area contributed by atoms with Gasteiger partial charge < -0.3 is 4.90 Å². The minimum Gasteiger partial charge on any atom is -0.370 e. The van der Waals surface area contributed by atoms with Crippen LogP contribution in [0.15, 0.2) is 23.1 Å². The van der Waals surface area contributed by atoms with Gasteiger partial charge in [0.25, 0.3) is 0 Å². The summed E-state index contributed by atoms with van der Waals surface area (Å²) in [6.07, 6.45) is 2.39. The maximum absolute atomic E-state index is 9.47. The monoisotopic (exact) mass is 274 g/mol. The predicted molar refractivity (Wildman–Crippen MR) is 82.8 cm³/mol. The Labute approximate surface area is 120 Å². The summed E-state index contributed by atoms with van der Waals surface area (Å²) in [5.74, 6) is 1.01. The maximum atomic E-state index is 9.47. The van der Waals surface area contributed by atoms with E-state index in [0.29, 0.717) is 5.41 Å². The Balaban J connectivity index is 2.26. The summed E-state index contributed by atoms with van der Waals surface area (Å²) in [6, 6.07) is 8.64. The van der Waals surface area contributed by atoms with Gasteiger partial charge in [-0.15, -0.1) is 11.8 Å². The first-order valence-corrected chi connectivity index (χ1v) is 7.97. The van der Waals surface area contributed by atoms with Gasteiger partial charge in [-0.3, -0.25) is 0 Å². The zero-order chi connectivity index (χ0) is 13.9. The van der Waals surface area contributed by atoms with Crippen molar-refractivity contribution in [2.75, 3.05) is 23.7 Å². The molecule has 2 rings (SSSR count). The molecule has 0 aromatic heterocycles. The molecule has 2 nitrogen and oxygen atoms in total. The van der Waals surface area contributed by atoms with Crippen molar-refractivity contribution in [1.82, 2.24) is 0 Å². The van der Waals surface area contributed by atoms with Gasteiger partial charge in [-0.25, -0.2) is 0 Å². The quantitative estimate of drug-likeness (QED) is 0.769. The predicted octanol–water partition coefficient (Wildman–Crippen LogP) is 4.30. The van der Waals surface area contributed by atoms with Crippen molar-refractivity contribution in [3.05, 3.63) is 23.8 Å². The third-order valence-corrected chi connectivity index (χ3v) is 4.81. The maximum Gasteiger partial charge on any atom is 0.103 e. The van der Waals surface area contributed by atoms with Gasteiger partial charge in [0.15, 0.2) is 0 Å². The lowest BCUT2D eigenvalue weighted by molar-refractivity contribution is 0.280. The van der Waals surface area contributed by atoms with E-state index in [1.54, 1.807) is 11.8 Å². The molecule has 0 N–H and O–H groups in total. The SMILES string of the molecule is CCSc1cccc(N2CCC(C)(C)CC2)c1C#N. The normalized spacial score (nSPS) is 18.1.